The van der Waals surface area contributed by atoms with Crippen LogP contribution in [0.25, 0.3) is 0 Å². The Morgan fingerprint density at radius 2 is 1.95 bits per heavy atom. The minimum atomic E-state index is -0.723. The van der Waals surface area contributed by atoms with E-state index in [4.69, 9.17) is 11.6 Å². The van der Waals surface area contributed by atoms with Gasteiger partial charge in [0.05, 0.1) is 6.10 Å². The fourth-order valence-corrected chi connectivity index (χ4v) is 1.76. The first-order chi connectivity index (χ1) is 9.13. The second-order valence-corrected chi connectivity index (χ2v) is 4.85. The molecule has 106 valence electrons. The lowest BCUT2D eigenvalue weighted by molar-refractivity contribution is 0.173. The summed E-state index contributed by atoms with van der Waals surface area (Å²) in [7, 11) is 0. The summed E-state index contributed by atoms with van der Waals surface area (Å²) in [5.74, 6) is 0. The van der Waals surface area contributed by atoms with E-state index in [1.807, 2.05) is 0 Å². The van der Waals surface area contributed by atoms with Gasteiger partial charge in [0, 0.05) is 18.1 Å². The molecule has 1 rings (SSSR count). The number of hydrogen-bond acceptors (Lipinski definition) is 2. The number of aliphatic hydroxyl groups is 1. The molecule has 0 spiro atoms. The summed E-state index contributed by atoms with van der Waals surface area (Å²) in [6.07, 6.45) is 2.48. The van der Waals surface area contributed by atoms with Crippen LogP contribution in [0.5, 0.6) is 0 Å². The SMILES string of the molecule is CCCCCNC(=O)NC[C@@H](O)c1ccc(Cl)cc1. The van der Waals surface area contributed by atoms with Crippen molar-refractivity contribution in [2.24, 2.45) is 0 Å². The highest BCUT2D eigenvalue weighted by molar-refractivity contribution is 6.30. The standard InChI is InChI=1S/C14H21ClN2O2/c1-2-3-4-9-16-14(19)17-10-13(18)11-5-7-12(15)8-6-11/h5-8,13,18H,2-4,9-10H2,1H3,(H2,16,17,19)/t13-/m1/s1. The van der Waals surface area contributed by atoms with E-state index in [2.05, 4.69) is 17.6 Å². The quantitative estimate of drug-likeness (QED) is 0.674. The van der Waals surface area contributed by atoms with E-state index in [1.165, 1.54) is 0 Å². The number of hydrogen-bond donors (Lipinski definition) is 3. The Labute approximate surface area is 119 Å². The van der Waals surface area contributed by atoms with Crippen molar-refractivity contribution in [2.45, 2.75) is 32.3 Å². The lowest BCUT2D eigenvalue weighted by atomic mass is 10.1. The van der Waals surface area contributed by atoms with Crippen LogP contribution in [0, 0.1) is 0 Å². The van der Waals surface area contributed by atoms with Crippen molar-refractivity contribution >= 4 is 17.6 Å². The first kappa shape index (κ1) is 15.8. The molecule has 0 unspecified atom stereocenters. The Kier molecular flexibility index (Phi) is 7.30. The van der Waals surface area contributed by atoms with Gasteiger partial charge in [0.2, 0.25) is 0 Å². The molecular weight excluding hydrogens is 264 g/mol. The van der Waals surface area contributed by atoms with Crippen LogP contribution in [0.1, 0.15) is 37.9 Å². The van der Waals surface area contributed by atoms with Gasteiger partial charge in [-0.05, 0) is 24.1 Å². The van der Waals surface area contributed by atoms with Crippen molar-refractivity contribution in [3.63, 3.8) is 0 Å². The molecule has 0 aliphatic rings. The average molecular weight is 285 g/mol. The van der Waals surface area contributed by atoms with Gasteiger partial charge >= 0.3 is 6.03 Å². The summed E-state index contributed by atoms with van der Waals surface area (Å²) in [6, 6.07) is 6.67. The van der Waals surface area contributed by atoms with Crippen LogP contribution < -0.4 is 10.6 Å². The number of carbonyl (C=O) groups excluding carboxylic acids is 1. The Morgan fingerprint density at radius 3 is 2.58 bits per heavy atom. The first-order valence-corrected chi connectivity index (χ1v) is 6.96. The zero-order valence-electron chi connectivity index (χ0n) is 11.2. The maximum Gasteiger partial charge on any atom is 0.314 e. The van der Waals surface area contributed by atoms with Gasteiger partial charge in [-0.2, -0.15) is 0 Å². The molecule has 3 N–H and O–H groups in total. The molecule has 4 nitrogen and oxygen atoms in total. The normalized spacial score (nSPS) is 11.9. The number of amides is 2. The number of unbranched alkanes of at least 4 members (excludes halogenated alkanes) is 2. The van der Waals surface area contributed by atoms with Crippen molar-refractivity contribution in [3.05, 3.63) is 34.9 Å². The molecule has 1 aromatic carbocycles. The second-order valence-electron chi connectivity index (χ2n) is 4.41. The highest BCUT2D eigenvalue weighted by atomic mass is 35.5. The second kappa shape index (κ2) is 8.77. The molecule has 2 amide bonds. The van der Waals surface area contributed by atoms with Gasteiger partial charge in [0.25, 0.3) is 0 Å². The third kappa shape index (κ3) is 6.45. The monoisotopic (exact) mass is 284 g/mol. The Balaban J connectivity index is 2.24. The molecule has 0 bridgehead atoms. The highest BCUT2D eigenvalue weighted by Gasteiger charge is 2.08. The maximum atomic E-state index is 11.4. The molecule has 1 atom stereocenters. The number of urea groups is 1. The van der Waals surface area contributed by atoms with Crippen molar-refractivity contribution in [2.75, 3.05) is 13.1 Å². The fraction of sp³-hybridized carbons (Fsp3) is 0.500. The van der Waals surface area contributed by atoms with Gasteiger partial charge in [-0.25, -0.2) is 4.79 Å². The average Bonchev–Trinajstić information content (AvgIpc) is 2.42. The van der Waals surface area contributed by atoms with Crippen LogP contribution in [-0.4, -0.2) is 24.2 Å². The number of rotatable bonds is 7. The smallest absolute Gasteiger partial charge is 0.314 e. The van der Waals surface area contributed by atoms with E-state index in [1.54, 1.807) is 24.3 Å². The first-order valence-electron chi connectivity index (χ1n) is 6.58. The van der Waals surface area contributed by atoms with Crippen LogP contribution in [0.4, 0.5) is 4.79 Å². The van der Waals surface area contributed by atoms with Gasteiger partial charge in [-0.15, -0.1) is 0 Å². The molecule has 0 radical (unpaired) electrons. The summed E-state index contributed by atoms with van der Waals surface area (Å²) >= 11 is 5.77. The van der Waals surface area contributed by atoms with E-state index in [0.717, 1.165) is 24.8 Å². The zero-order chi connectivity index (χ0) is 14.1. The lowest BCUT2D eigenvalue weighted by Gasteiger charge is -2.13. The topological polar surface area (TPSA) is 61.4 Å². The number of benzene rings is 1. The summed E-state index contributed by atoms with van der Waals surface area (Å²) < 4.78 is 0. The molecule has 1 aromatic rings. The van der Waals surface area contributed by atoms with Gasteiger partial charge in [-0.3, -0.25) is 0 Å². The van der Waals surface area contributed by atoms with Gasteiger partial charge in [0.15, 0.2) is 0 Å². The molecule has 0 aliphatic heterocycles. The van der Waals surface area contributed by atoms with Gasteiger partial charge in [-0.1, -0.05) is 43.5 Å². The predicted octanol–water partition coefficient (Wildman–Crippen LogP) is 2.86. The molecule has 0 saturated heterocycles. The van der Waals surface area contributed by atoms with Crippen molar-refractivity contribution in [3.8, 4) is 0 Å². The van der Waals surface area contributed by atoms with Gasteiger partial charge in [0.1, 0.15) is 0 Å². The van der Waals surface area contributed by atoms with Gasteiger partial charge < -0.3 is 15.7 Å². The molecule has 0 aliphatic carbocycles. The summed E-state index contributed by atoms with van der Waals surface area (Å²) in [5, 5.41) is 15.9. The predicted molar refractivity (Wildman–Crippen MR) is 77.3 cm³/mol. The molecule has 0 fully saturated rings. The summed E-state index contributed by atoms with van der Waals surface area (Å²) in [6.45, 7) is 2.96. The minimum Gasteiger partial charge on any atom is -0.387 e. The summed E-state index contributed by atoms with van der Waals surface area (Å²) in [4.78, 5) is 11.4. The van der Waals surface area contributed by atoms with Crippen LogP contribution in [-0.2, 0) is 0 Å². The van der Waals surface area contributed by atoms with Crippen LogP contribution in [0.15, 0.2) is 24.3 Å². The van der Waals surface area contributed by atoms with Crippen molar-refractivity contribution in [1.29, 1.82) is 0 Å². The van der Waals surface area contributed by atoms with E-state index in [0.29, 0.717) is 11.6 Å². The Morgan fingerprint density at radius 1 is 1.26 bits per heavy atom. The van der Waals surface area contributed by atoms with E-state index < -0.39 is 6.10 Å². The summed E-state index contributed by atoms with van der Waals surface area (Å²) in [5.41, 5.74) is 0.732. The third-order valence-electron chi connectivity index (χ3n) is 2.78. The maximum absolute atomic E-state index is 11.4. The van der Waals surface area contributed by atoms with E-state index in [9.17, 15) is 9.90 Å². The van der Waals surface area contributed by atoms with Crippen molar-refractivity contribution in [1.82, 2.24) is 10.6 Å². The van der Waals surface area contributed by atoms with Crippen LogP contribution in [0.3, 0.4) is 0 Å². The van der Waals surface area contributed by atoms with Crippen LogP contribution in [0.2, 0.25) is 5.02 Å². The van der Waals surface area contributed by atoms with E-state index in [-0.39, 0.29) is 12.6 Å². The molecule has 19 heavy (non-hydrogen) atoms. The molecule has 0 heterocycles. The van der Waals surface area contributed by atoms with E-state index >= 15 is 0 Å². The Bertz CT molecular complexity index is 382. The molecular formula is C14H21ClN2O2. The highest BCUT2D eigenvalue weighted by Crippen LogP contribution is 2.15. The molecule has 5 heteroatoms. The van der Waals surface area contributed by atoms with Crippen LogP contribution >= 0.6 is 11.6 Å². The zero-order valence-corrected chi connectivity index (χ0v) is 11.9. The number of halogens is 1. The Hall–Kier alpha value is -1.26. The lowest BCUT2D eigenvalue weighted by Crippen LogP contribution is -2.38. The number of aliphatic hydroxyl groups excluding tert-OH is 1. The fourth-order valence-electron chi connectivity index (χ4n) is 1.63. The molecule has 0 aromatic heterocycles. The minimum absolute atomic E-state index is 0.182. The van der Waals surface area contributed by atoms with Crippen molar-refractivity contribution < 1.29 is 9.90 Å². The largest absolute Gasteiger partial charge is 0.387 e. The number of nitrogens with one attached hydrogen (secondary N) is 2. The molecule has 0 saturated carbocycles. The number of carbonyl (C=O) groups is 1. The third-order valence-corrected chi connectivity index (χ3v) is 3.03.